The van der Waals surface area contributed by atoms with Crippen molar-refractivity contribution in [3.05, 3.63) is 64.7 Å². The van der Waals surface area contributed by atoms with E-state index >= 15 is 0 Å². The molecule has 3 rings (SSSR count). The van der Waals surface area contributed by atoms with Crippen LogP contribution in [0.1, 0.15) is 22.3 Å². The van der Waals surface area contributed by atoms with E-state index in [4.69, 9.17) is 22.3 Å². The Bertz CT molecular complexity index is 974. The Morgan fingerprint density at radius 1 is 0.870 bits per heavy atom. The zero-order chi connectivity index (χ0) is 16.8. The van der Waals surface area contributed by atoms with E-state index in [-0.39, 0.29) is 21.5 Å². The molecule has 0 amide bonds. The predicted molar refractivity (Wildman–Crippen MR) is 90.0 cm³/mol. The van der Waals surface area contributed by atoms with Crippen molar-refractivity contribution in [1.82, 2.24) is 0 Å². The molecule has 2 aromatic rings. The molecule has 0 atom stereocenters. The molecule has 0 saturated heterocycles. The van der Waals surface area contributed by atoms with Gasteiger partial charge >= 0.3 is 0 Å². The summed E-state index contributed by atoms with van der Waals surface area (Å²) in [6.45, 7) is 0. The summed E-state index contributed by atoms with van der Waals surface area (Å²) in [7, 11) is -3.66. The number of nitrogen functional groups attached to an aromatic ring is 2. The van der Waals surface area contributed by atoms with Crippen LogP contribution in [-0.4, -0.2) is 20.1 Å². The largest absolute Gasteiger partial charge is 0.384 e. The van der Waals surface area contributed by atoms with Crippen molar-refractivity contribution >= 4 is 32.5 Å². The van der Waals surface area contributed by atoms with Gasteiger partial charge in [-0.3, -0.25) is 10.8 Å². The zero-order valence-corrected chi connectivity index (χ0v) is 12.8. The number of benzene rings is 2. The molecule has 0 aromatic heterocycles. The molecule has 0 radical (unpaired) electrons. The molecule has 0 saturated carbocycles. The first-order chi connectivity index (χ1) is 10.8. The number of amidine groups is 2. The molecular weight excluding hydrogens is 312 g/mol. The lowest BCUT2D eigenvalue weighted by Crippen LogP contribution is -2.12. The summed E-state index contributed by atoms with van der Waals surface area (Å²) in [6, 6.07) is 11.1. The second kappa shape index (κ2) is 5.06. The molecule has 23 heavy (non-hydrogen) atoms. The van der Waals surface area contributed by atoms with E-state index in [9.17, 15) is 8.42 Å². The molecule has 2 aromatic carbocycles. The monoisotopic (exact) mass is 326 g/mol. The molecule has 0 spiro atoms. The molecule has 1 heterocycles. The highest BCUT2D eigenvalue weighted by Crippen LogP contribution is 2.39. The maximum atomic E-state index is 12.7. The average molecular weight is 326 g/mol. The summed E-state index contributed by atoms with van der Waals surface area (Å²) in [5, 5.41) is 14.8. The van der Waals surface area contributed by atoms with E-state index in [0.29, 0.717) is 22.3 Å². The van der Waals surface area contributed by atoms with E-state index in [0.717, 1.165) is 0 Å². The zero-order valence-electron chi connectivity index (χ0n) is 12.0. The highest BCUT2D eigenvalue weighted by atomic mass is 32.2. The summed E-state index contributed by atoms with van der Waals surface area (Å²) >= 11 is 0. The number of nitrogens with two attached hydrogens (primary N) is 2. The van der Waals surface area contributed by atoms with E-state index in [1.54, 1.807) is 42.5 Å². The maximum Gasteiger partial charge on any atom is 0.207 e. The van der Waals surface area contributed by atoms with Crippen molar-refractivity contribution in [2.45, 2.75) is 4.90 Å². The number of rotatable bonds is 3. The lowest BCUT2D eigenvalue weighted by Gasteiger charge is -2.06. The van der Waals surface area contributed by atoms with Crippen molar-refractivity contribution in [2.75, 3.05) is 0 Å². The predicted octanol–water partition coefficient (Wildman–Crippen LogP) is 1.54. The van der Waals surface area contributed by atoms with Crippen LogP contribution in [0.4, 0.5) is 0 Å². The van der Waals surface area contributed by atoms with Crippen LogP contribution in [0.5, 0.6) is 0 Å². The number of hydrogen-bond donors (Lipinski definition) is 4. The Morgan fingerprint density at radius 2 is 1.43 bits per heavy atom. The summed E-state index contributed by atoms with van der Waals surface area (Å²) in [4.78, 5) is 0.333. The SMILES string of the molecule is N=C(N)c1ccc(C2=Cc3ccc(C(=N)N)cc3S2(=O)=O)cc1. The van der Waals surface area contributed by atoms with Gasteiger partial charge in [-0.1, -0.05) is 36.4 Å². The average Bonchev–Trinajstić information content (AvgIpc) is 2.78. The molecule has 1 aliphatic rings. The van der Waals surface area contributed by atoms with E-state index in [2.05, 4.69) is 0 Å². The Kier molecular flexibility index (Phi) is 3.30. The number of sulfone groups is 1. The molecule has 1 aliphatic heterocycles. The Morgan fingerprint density at radius 3 is 2.00 bits per heavy atom. The smallest absolute Gasteiger partial charge is 0.207 e. The van der Waals surface area contributed by atoms with Crippen molar-refractivity contribution < 1.29 is 8.42 Å². The Balaban J connectivity index is 2.09. The van der Waals surface area contributed by atoms with Crippen LogP contribution in [-0.2, 0) is 9.84 Å². The fourth-order valence-electron chi connectivity index (χ4n) is 2.44. The third-order valence-corrected chi connectivity index (χ3v) is 5.54. The summed E-state index contributed by atoms with van der Waals surface area (Å²) in [5.74, 6) is -0.253. The second-order valence-electron chi connectivity index (χ2n) is 5.17. The van der Waals surface area contributed by atoms with Gasteiger partial charge in [-0.2, -0.15) is 0 Å². The van der Waals surface area contributed by atoms with Gasteiger partial charge in [0.1, 0.15) is 11.7 Å². The van der Waals surface area contributed by atoms with Crippen LogP contribution in [0.25, 0.3) is 11.0 Å². The minimum atomic E-state index is -3.66. The maximum absolute atomic E-state index is 12.7. The number of hydrogen-bond acceptors (Lipinski definition) is 4. The van der Waals surface area contributed by atoms with E-state index in [1.807, 2.05) is 0 Å². The third kappa shape index (κ3) is 2.40. The topological polar surface area (TPSA) is 134 Å². The molecule has 6 N–H and O–H groups in total. The van der Waals surface area contributed by atoms with Gasteiger partial charge in [0.2, 0.25) is 9.84 Å². The van der Waals surface area contributed by atoms with Crippen molar-refractivity contribution in [1.29, 1.82) is 10.8 Å². The van der Waals surface area contributed by atoms with E-state index < -0.39 is 9.84 Å². The van der Waals surface area contributed by atoms with Crippen LogP contribution in [0.15, 0.2) is 47.4 Å². The highest BCUT2D eigenvalue weighted by Gasteiger charge is 2.31. The number of fused-ring (bicyclic) bond motifs is 1. The Hall–Kier alpha value is -2.93. The summed E-state index contributed by atoms with van der Waals surface area (Å²) in [5.41, 5.74) is 12.8. The third-order valence-electron chi connectivity index (χ3n) is 3.67. The summed E-state index contributed by atoms with van der Waals surface area (Å²) < 4.78 is 25.5. The molecule has 0 fully saturated rings. The van der Waals surface area contributed by atoms with Gasteiger partial charge in [0.05, 0.1) is 9.80 Å². The van der Waals surface area contributed by atoms with Crippen LogP contribution >= 0.6 is 0 Å². The van der Waals surface area contributed by atoms with Crippen LogP contribution < -0.4 is 11.5 Å². The first kappa shape index (κ1) is 15.0. The second-order valence-corrected chi connectivity index (χ2v) is 7.06. The first-order valence-corrected chi connectivity index (χ1v) is 8.19. The van der Waals surface area contributed by atoms with Gasteiger partial charge in [-0.25, -0.2) is 8.42 Å². The lowest BCUT2D eigenvalue weighted by molar-refractivity contribution is 0.606. The van der Waals surface area contributed by atoms with Crippen LogP contribution in [0.3, 0.4) is 0 Å². The fourth-order valence-corrected chi connectivity index (χ4v) is 4.13. The number of nitrogens with one attached hydrogen (secondary N) is 2. The van der Waals surface area contributed by atoms with Gasteiger partial charge in [0.15, 0.2) is 0 Å². The molecular formula is C16H14N4O2S. The molecule has 7 heteroatoms. The van der Waals surface area contributed by atoms with E-state index in [1.165, 1.54) is 6.07 Å². The molecule has 6 nitrogen and oxygen atoms in total. The fraction of sp³-hybridized carbons (Fsp3) is 0. The molecule has 0 unspecified atom stereocenters. The van der Waals surface area contributed by atoms with Crippen molar-refractivity contribution in [2.24, 2.45) is 11.5 Å². The van der Waals surface area contributed by atoms with Gasteiger partial charge < -0.3 is 11.5 Å². The minimum absolute atomic E-state index is 0.0748. The lowest BCUT2D eigenvalue weighted by atomic mass is 10.1. The molecule has 0 aliphatic carbocycles. The minimum Gasteiger partial charge on any atom is -0.384 e. The normalized spacial score (nSPS) is 14.9. The highest BCUT2D eigenvalue weighted by molar-refractivity contribution is 8.01. The van der Waals surface area contributed by atoms with Crippen LogP contribution in [0, 0.1) is 10.8 Å². The van der Waals surface area contributed by atoms with Gasteiger partial charge in [0, 0.05) is 11.1 Å². The Labute approximate surface area is 133 Å². The first-order valence-electron chi connectivity index (χ1n) is 6.71. The van der Waals surface area contributed by atoms with Crippen LogP contribution in [0.2, 0.25) is 0 Å². The van der Waals surface area contributed by atoms with Crippen molar-refractivity contribution in [3.63, 3.8) is 0 Å². The molecule has 116 valence electrons. The standard InChI is InChI=1S/C16H14N4O2S/c17-15(18)10-3-1-9(2-4-10)13-7-11-5-6-12(16(19)20)8-14(11)23(13,21)22/h1-8H,(H3,17,18)(H3,19,20). The molecule has 0 bridgehead atoms. The quantitative estimate of drug-likeness (QED) is 0.502. The van der Waals surface area contributed by atoms with Gasteiger partial charge in [0.25, 0.3) is 0 Å². The van der Waals surface area contributed by atoms with Gasteiger partial charge in [-0.05, 0) is 23.3 Å². The van der Waals surface area contributed by atoms with Crippen molar-refractivity contribution in [3.8, 4) is 0 Å². The van der Waals surface area contributed by atoms with Gasteiger partial charge in [-0.15, -0.1) is 0 Å². The summed E-state index contributed by atoms with van der Waals surface area (Å²) in [6.07, 6.45) is 1.59.